The highest BCUT2D eigenvalue weighted by Crippen LogP contribution is 2.38. The Hall–Kier alpha value is -0.120. The summed E-state index contributed by atoms with van der Waals surface area (Å²) in [7, 11) is 0. The molecule has 0 aromatic rings. The summed E-state index contributed by atoms with van der Waals surface area (Å²) in [6, 6.07) is 2.13. The van der Waals surface area contributed by atoms with Crippen molar-refractivity contribution in [3.8, 4) is 0 Å². The standard InChI is InChI=1S/C16H30N2O/c1-15(2)11-14(16(3,4)19-15)17-12-7-9-18(10-8-12)13-5-6-13/h12-14,17H,5-11H2,1-4H3. The van der Waals surface area contributed by atoms with Crippen LogP contribution < -0.4 is 5.32 Å². The summed E-state index contributed by atoms with van der Waals surface area (Å²) in [4.78, 5) is 2.69. The summed E-state index contributed by atoms with van der Waals surface area (Å²) in [6.45, 7) is 11.5. The molecule has 0 radical (unpaired) electrons. The third-order valence-electron chi connectivity index (χ3n) is 5.10. The maximum atomic E-state index is 6.19. The van der Waals surface area contributed by atoms with Gasteiger partial charge in [0.05, 0.1) is 11.2 Å². The van der Waals surface area contributed by atoms with Crippen molar-refractivity contribution in [1.29, 1.82) is 0 Å². The predicted molar refractivity (Wildman–Crippen MR) is 78.4 cm³/mol. The number of hydrogen-bond acceptors (Lipinski definition) is 3. The summed E-state index contributed by atoms with van der Waals surface area (Å²) < 4.78 is 6.19. The molecule has 3 rings (SSSR count). The number of rotatable bonds is 3. The van der Waals surface area contributed by atoms with Crippen molar-refractivity contribution in [3.05, 3.63) is 0 Å². The first-order valence-corrected chi connectivity index (χ1v) is 8.06. The van der Waals surface area contributed by atoms with E-state index in [0.29, 0.717) is 12.1 Å². The van der Waals surface area contributed by atoms with Gasteiger partial charge in [0.2, 0.25) is 0 Å². The lowest BCUT2D eigenvalue weighted by Crippen LogP contribution is -2.51. The third kappa shape index (κ3) is 3.14. The Balaban J connectivity index is 1.51. The minimum Gasteiger partial charge on any atom is -0.368 e. The van der Waals surface area contributed by atoms with Gasteiger partial charge in [-0.25, -0.2) is 0 Å². The first-order valence-electron chi connectivity index (χ1n) is 8.06. The Morgan fingerprint density at radius 3 is 2.11 bits per heavy atom. The lowest BCUT2D eigenvalue weighted by Gasteiger charge is -2.36. The fraction of sp³-hybridized carbons (Fsp3) is 1.00. The van der Waals surface area contributed by atoms with Crippen LogP contribution in [-0.4, -0.2) is 47.3 Å². The molecule has 3 nitrogen and oxygen atoms in total. The lowest BCUT2D eigenvalue weighted by atomic mass is 9.92. The topological polar surface area (TPSA) is 24.5 Å². The summed E-state index contributed by atoms with van der Waals surface area (Å²) >= 11 is 0. The first-order chi connectivity index (χ1) is 8.86. The average molecular weight is 266 g/mol. The van der Waals surface area contributed by atoms with Gasteiger partial charge in [-0.1, -0.05) is 0 Å². The number of ether oxygens (including phenoxy) is 1. The fourth-order valence-electron chi connectivity index (χ4n) is 3.98. The quantitative estimate of drug-likeness (QED) is 0.849. The van der Waals surface area contributed by atoms with E-state index >= 15 is 0 Å². The van der Waals surface area contributed by atoms with Crippen molar-refractivity contribution in [3.63, 3.8) is 0 Å². The maximum Gasteiger partial charge on any atom is 0.0787 e. The van der Waals surface area contributed by atoms with Crippen LogP contribution in [0.15, 0.2) is 0 Å². The molecule has 1 aliphatic carbocycles. The van der Waals surface area contributed by atoms with E-state index in [1.807, 2.05) is 0 Å². The van der Waals surface area contributed by atoms with Gasteiger partial charge in [-0.15, -0.1) is 0 Å². The molecule has 1 unspecified atom stereocenters. The molecule has 3 aliphatic rings. The molecule has 0 amide bonds. The Morgan fingerprint density at radius 1 is 1.00 bits per heavy atom. The predicted octanol–water partition coefficient (Wildman–Crippen LogP) is 2.55. The van der Waals surface area contributed by atoms with Gasteiger partial charge < -0.3 is 15.0 Å². The van der Waals surface area contributed by atoms with Crippen LogP contribution in [0.3, 0.4) is 0 Å². The molecule has 3 heteroatoms. The van der Waals surface area contributed by atoms with E-state index < -0.39 is 0 Å². The van der Waals surface area contributed by atoms with Crippen LogP contribution in [0.1, 0.15) is 59.8 Å². The van der Waals surface area contributed by atoms with Gasteiger partial charge in [0.25, 0.3) is 0 Å². The summed E-state index contributed by atoms with van der Waals surface area (Å²) in [6.07, 6.45) is 6.63. The van der Waals surface area contributed by atoms with E-state index in [-0.39, 0.29) is 11.2 Å². The third-order valence-corrected chi connectivity index (χ3v) is 5.10. The Kier molecular flexibility index (Phi) is 3.43. The number of piperidine rings is 1. The molecule has 0 aromatic heterocycles. The highest BCUT2D eigenvalue weighted by atomic mass is 16.5. The molecule has 1 atom stereocenters. The van der Waals surface area contributed by atoms with Gasteiger partial charge in [0.1, 0.15) is 0 Å². The van der Waals surface area contributed by atoms with E-state index in [1.165, 1.54) is 38.8 Å². The van der Waals surface area contributed by atoms with Crippen molar-refractivity contribution in [2.24, 2.45) is 0 Å². The van der Waals surface area contributed by atoms with Gasteiger partial charge in [-0.3, -0.25) is 0 Å². The van der Waals surface area contributed by atoms with E-state index in [4.69, 9.17) is 4.74 Å². The van der Waals surface area contributed by atoms with Gasteiger partial charge in [-0.05, 0) is 72.9 Å². The first kappa shape index (κ1) is 13.8. The Morgan fingerprint density at radius 2 is 1.63 bits per heavy atom. The lowest BCUT2D eigenvalue weighted by molar-refractivity contribution is -0.0708. The molecule has 2 saturated heterocycles. The van der Waals surface area contributed by atoms with Crippen molar-refractivity contribution in [2.45, 2.75) is 89.1 Å². The van der Waals surface area contributed by atoms with E-state index in [0.717, 1.165) is 12.5 Å². The number of nitrogens with one attached hydrogen (secondary N) is 1. The number of hydrogen-bond donors (Lipinski definition) is 1. The largest absolute Gasteiger partial charge is 0.368 e. The van der Waals surface area contributed by atoms with Crippen LogP contribution in [0.25, 0.3) is 0 Å². The normalized spacial score (nSPS) is 35.7. The van der Waals surface area contributed by atoms with Crippen molar-refractivity contribution in [1.82, 2.24) is 10.2 Å². The molecule has 3 fully saturated rings. The maximum absolute atomic E-state index is 6.19. The molecule has 1 saturated carbocycles. The monoisotopic (exact) mass is 266 g/mol. The summed E-state index contributed by atoms with van der Waals surface area (Å²) in [5.41, 5.74) is -0.00694. The summed E-state index contributed by atoms with van der Waals surface area (Å²) in [5, 5.41) is 3.89. The van der Waals surface area contributed by atoms with Crippen LogP contribution in [0.4, 0.5) is 0 Å². The zero-order valence-electron chi connectivity index (χ0n) is 13.0. The van der Waals surface area contributed by atoms with Gasteiger partial charge in [0, 0.05) is 18.1 Å². The van der Waals surface area contributed by atoms with E-state index in [1.54, 1.807) is 0 Å². The van der Waals surface area contributed by atoms with E-state index in [2.05, 4.69) is 37.9 Å². The molecule has 19 heavy (non-hydrogen) atoms. The zero-order chi connectivity index (χ0) is 13.7. The van der Waals surface area contributed by atoms with E-state index in [9.17, 15) is 0 Å². The highest BCUT2D eigenvalue weighted by Gasteiger charge is 2.46. The van der Waals surface area contributed by atoms with Crippen molar-refractivity contribution < 1.29 is 4.74 Å². The van der Waals surface area contributed by atoms with Gasteiger partial charge in [0.15, 0.2) is 0 Å². The van der Waals surface area contributed by atoms with Crippen LogP contribution in [0.5, 0.6) is 0 Å². The zero-order valence-corrected chi connectivity index (χ0v) is 13.0. The molecular formula is C16H30N2O. The minimum atomic E-state index is -0.0306. The number of nitrogens with zero attached hydrogens (tertiary/aromatic N) is 1. The molecule has 0 bridgehead atoms. The average Bonchev–Trinajstić information content (AvgIpc) is 3.08. The molecule has 110 valence electrons. The molecule has 2 aliphatic heterocycles. The Bertz CT molecular complexity index is 328. The number of likely N-dealkylation sites (tertiary alicyclic amines) is 1. The second-order valence-electron chi connectivity index (χ2n) is 7.93. The SMILES string of the molecule is CC1(C)CC(NC2CCN(C3CC3)CC2)C(C)(C)O1. The van der Waals surface area contributed by atoms with Gasteiger partial charge >= 0.3 is 0 Å². The molecule has 2 heterocycles. The molecule has 1 N–H and O–H groups in total. The highest BCUT2D eigenvalue weighted by molar-refractivity contribution is 5.00. The smallest absolute Gasteiger partial charge is 0.0787 e. The summed E-state index contributed by atoms with van der Waals surface area (Å²) in [5.74, 6) is 0. The second kappa shape index (κ2) is 4.71. The van der Waals surface area contributed by atoms with Crippen LogP contribution in [0.2, 0.25) is 0 Å². The van der Waals surface area contributed by atoms with Gasteiger partial charge in [-0.2, -0.15) is 0 Å². The molecule has 0 aromatic carbocycles. The van der Waals surface area contributed by atoms with Crippen molar-refractivity contribution in [2.75, 3.05) is 13.1 Å². The van der Waals surface area contributed by atoms with Crippen LogP contribution in [0, 0.1) is 0 Å². The minimum absolute atomic E-state index is 0.0237. The van der Waals surface area contributed by atoms with Crippen LogP contribution in [-0.2, 0) is 4.74 Å². The van der Waals surface area contributed by atoms with Crippen molar-refractivity contribution >= 4 is 0 Å². The van der Waals surface area contributed by atoms with Crippen LogP contribution >= 0.6 is 0 Å². The molecule has 0 spiro atoms. The second-order valence-corrected chi connectivity index (χ2v) is 7.93. The molecular weight excluding hydrogens is 236 g/mol. The Labute approximate surface area is 118 Å². The fourth-order valence-corrected chi connectivity index (χ4v) is 3.98.